The molecule has 0 bridgehead atoms. The van der Waals surface area contributed by atoms with Gasteiger partial charge in [-0.15, -0.1) is 0 Å². The molecule has 7 heavy (non-hydrogen) atoms. The molecule has 0 aromatic heterocycles. The molecule has 39 valence electrons. The van der Waals surface area contributed by atoms with E-state index in [1.54, 1.807) is 0 Å². The molecule has 0 amide bonds. The Hall–Kier alpha value is -0.0400. The highest BCUT2D eigenvalue weighted by Crippen LogP contribution is 2.42. The molecule has 0 N–H and O–H groups in total. The van der Waals surface area contributed by atoms with E-state index in [0.717, 1.165) is 0 Å². The maximum Gasteiger partial charge on any atom is 0.126 e. The van der Waals surface area contributed by atoms with Gasteiger partial charge in [0.25, 0.3) is 0 Å². The van der Waals surface area contributed by atoms with Gasteiger partial charge in [-0.1, -0.05) is 12.8 Å². The molecule has 1 heterocycles. The first-order chi connectivity index (χ1) is 3.47. The molecular weight excluding hydrogens is 88.1 g/mol. The Morgan fingerprint density at radius 2 is 2.43 bits per heavy atom. The van der Waals surface area contributed by atoms with Gasteiger partial charge in [-0.25, -0.2) is 0 Å². The Morgan fingerprint density at radius 1 is 1.43 bits per heavy atom. The first-order valence-corrected chi connectivity index (χ1v) is 2.99. The van der Waals surface area contributed by atoms with Gasteiger partial charge in [0.1, 0.15) is 6.10 Å². The number of ether oxygens (including phenoxy) is 1. The second-order valence-corrected chi connectivity index (χ2v) is 2.32. The first kappa shape index (κ1) is 3.90. The van der Waals surface area contributed by atoms with Gasteiger partial charge < -0.3 is 4.74 Å². The summed E-state index contributed by atoms with van der Waals surface area (Å²) in [6, 6.07) is 0. The fraction of sp³-hybridized carbons (Fsp3) is 0.833. The Labute approximate surface area is 43.7 Å². The fourth-order valence-corrected chi connectivity index (χ4v) is 1.22. The minimum absolute atomic E-state index is 0.619. The molecule has 2 rings (SSSR count). The average Bonchev–Trinajstić information content (AvgIpc) is 2.41. The molecule has 1 radical (unpaired) electrons. The summed E-state index contributed by atoms with van der Waals surface area (Å²) >= 11 is 0. The van der Waals surface area contributed by atoms with E-state index < -0.39 is 0 Å². The van der Waals surface area contributed by atoms with Crippen LogP contribution in [0.2, 0.25) is 0 Å². The number of hydrogen-bond acceptors (Lipinski definition) is 1. The molecule has 0 spiro atoms. The number of hydrogen-bond donors (Lipinski definition) is 0. The van der Waals surface area contributed by atoms with Gasteiger partial charge >= 0.3 is 0 Å². The van der Waals surface area contributed by atoms with Crippen molar-refractivity contribution in [3.63, 3.8) is 0 Å². The number of fused-ring (bicyclic) bond motifs is 1. The first-order valence-electron chi connectivity index (χ1n) is 2.99. The molecule has 2 aliphatic rings. The van der Waals surface area contributed by atoms with Gasteiger partial charge in [-0.2, -0.15) is 0 Å². The van der Waals surface area contributed by atoms with E-state index >= 15 is 0 Å². The second kappa shape index (κ2) is 1.22. The molecule has 0 aromatic rings. The van der Waals surface area contributed by atoms with Gasteiger partial charge in [-0.3, -0.25) is 0 Å². The summed E-state index contributed by atoms with van der Waals surface area (Å²) < 4.78 is 5.19. The predicted octanol–water partition coefficient (Wildman–Crippen LogP) is 1.49. The molecule has 1 atom stereocenters. The topological polar surface area (TPSA) is 12.5 Å². The predicted molar refractivity (Wildman–Crippen MR) is 26.6 cm³/mol. The van der Waals surface area contributed by atoms with Crippen LogP contribution in [-0.2, 0) is 4.74 Å². The molecule has 1 saturated heterocycles. The summed E-state index contributed by atoms with van der Waals surface area (Å²) in [6.45, 7) is 0. The van der Waals surface area contributed by atoms with Crippen molar-refractivity contribution in [1.82, 2.24) is 0 Å². The monoisotopic (exact) mass is 97.1 g/mol. The van der Waals surface area contributed by atoms with Crippen molar-refractivity contribution in [2.45, 2.75) is 31.8 Å². The van der Waals surface area contributed by atoms with Crippen molar-refractivity contribution in [3.05, 3.63) is 6.10 Å². The summed E-state index contributed by atoms with van der Waals surface area (Å²) in [5.41, 5.74) is 0. The van der Waals surface area contributed by atoms with E-state index in [1.807, 2.05) is 0 Å². The molecule has 1 aliphatic heterocycles. The number of rotatable bonds is 0. The Balaban J connectivity index is 1.95. The minimum Gasteiger partial charge on any atom is -0.363 e. The van der Waals surface area contributed by atoms with E-state index in [2.05, 4.69) is 0 Å². The van der Waals surface area contributed by atoms with Crippen molar-refractivity contribution in [2.75, 3.05) is 0 Å². The largest absolute Gasteiger partial charge is 0.363 e. The van der Waals surface area contributed by atoms with Crippen molar-refractivity contribution in [2.24, 2.45) is 0 Å². The van der Waals surface area contributed by atoms with E-state index in [9.17, 15) is 0 Å². The van der Waals surface area contributed by atoms with Gasteiger partial charge in [0.2, 0.25) is 0 Å². The standard InChI is InChI=1S/C6H9O/c1-2-4-6-5(3-1)7-6/h5H,1-4H2. The molecule has 1 aliphatic carbocycles. The van der Waals surface area contributed by atoms with Gasteiger partial charge in [0, 0.05) is 0 Å². The van der Waals surface area contributed by atoms with Crippen LogP contribution in [-0.4, -0.2) is 6.10 Å². The molecule has 0 aromatic carbocycles. The van der Waals surface area contributed by atoms with E-state index in [1.165, 1.54) is 31.8 Å². The smallest absolute Gasteiger partial charge is 0.126 e. The van der Waals surface area contributed by atoms with Crippen molar-refractivity contribution < 1.29 is 4.74 Å². The van der Waals surface area contributed by atoms with E-state index in [0.29, 0.717) is 6.10 Å². The molecule has 1 unspecified atom stereocenters. The summed E-state index contributed by atoms with van der Waals surface area (Å²) in [4.78, 5) is 0. The highest BCUT2D eigenvalue weighted by Gasteiger charge is 2.41. The molecule has 2 fully saturated rings. The summed E-state index contributed by atoms with van der Waals surface area (Å²) in [5, 5.41) is 0. The molecule has 1 heteroatoms. The Bertz CT molecular complexity index is 70.2. The minimum atomic E-state index is 0.619. The summed E-state index contributed by atoms with van der Waals surface area (Å²) in [5.74, 6) is 0. The second-order valence-electron chi connectivity index (χ2n) is 2.32. The zero-order valence-electron chi connectivity index (χ0n) is 4.31. The third kappa shape index (κ3) is 0.556. The Kier molecular flexibility index (Phi) is 0.680. The van der Waals surface area contributed by atoms with Gasteiger partial charge in [-0.05, 0) is 12.8 Å². The van der Waals surface area contributed by atoms with Crippen LogP contribution >= 0.6 is 0 Å². The van der Waals surface area contributed by atoms with Crippen LogP contribution in [0.25, 0.3) is 0 Å². The highest BCUT2D eigenvalue weighted by molar-refractivity contribution is 5.05. The SMILES string of the molecule is C1CCC2O[C]2C1. The molecular formula is C6H9O. The third-order valence-corrected chi connectivity index (χ3v) is 1.74. The third-order valence-electron chi connectivity index (χ3n) is 1.74. The zero-order valence-corrected chi connectivity index (χ0v) is 4.31. The average molecular weight is 97.1 g/mol. The van der Waals surface area contributed by atoms with Crippen LogP contribution in [0.4, 0.5) is 0 Å². The lowest BCUT2D eigenvalue weighted by Crippen LogP contribution is -1.94. The summed E-state index contributed by atoms with van der Waals surface area (Å²) in [6.07, 6.45) is 7.31. The maximum atomic E-state index is 5.19. The van der Waals surface area contributed by atoms with E-state index in [-0.39, 0.29) is 0 Å². The van der Waals surface area contributed by atoms with Crippen LogP contribution in [0.15, 0.2) is 0 Å². The van der Waals surface area contributed by atoms with Gasteiger partial charge in [0.05, 0.1) is 6.10 Å². The van der Waals surface area contributed by atoms with Crippen molar-refractivity contribution in [1.29, 1.82) is 0 Å². The number of epoxide rings is 1. The molecule has 1 saturated carbocycles. The van der Waals surface area contributed by atoms with Crippen molar-refractivity contribution >= 4 is 0 Å². The van der Waals surface area contributed by atoms with Crippen LogP contribution in [0, 0.1) is 6.10 Å². The fourth-order valence-electron chi connectivity index (χ4n) is 1.22. The van der Waals surface area contributed by atoms with E-state index in [4.69, 9.17) is 4.74 Å². The lowest BCUT2D eigenvalue weighted by molar-refractivity contribution is 0.404. The Morgan fingerprint density at radius 3 is 3.00 bits per heavy atom. The van der Waals surface area contributed by atoms with Crippen LogP contribution in [0.3, 0.4) is 0 Å². The van der Waals surface area contributed by atoms with Crippen LogP contribution in [0.1, 0.15) is 25.7 Å². The van der Waals surface area contributed by atoms with Crippen LogP contribution in [0.5, 0.6) is 0 Å². The molecule has 1 nitrogen and oxygen atoms in total. The zero-order chi connectivity index (χ0) is 4.69. The van der Waals surface area contributed by atoms with Gasteiger partial charge in [0.15, 0.2) is 0 Å². The summed E-state index contributed by atoms with van der Waals surface area (Å²) in [7, 11) is 0. The van der Waals surface area contributed by atoms with Crippen LogP contribution < -0.4 is 0 Å². The maximum absolute atomic E-state index is 5.19. The lowest BCUT2D eigenvalue weighted by Gasteiger charge is -1.99. The highest BCUT2D eigenvalue weighted by atomic mass is 16.6. The normalized spacial score (nSPS) is 40.3. The lowest BCUT2D eigenvalue weighted by atomic mass is 10.0. The van der Waals surface area contributed by atoms with Crippen molar-refractivity contribution in [3.8, 4) is 0 Å². The quantitative estimate of drug-likeness (QED) is 0.417.